The van der Waals surface area contributed by atoms with Gasteiger partial charge in [-0.25, -0.2) is 22.5 Å². The summed E-state index contributed by atoms with van der Waals surface area (Å²) in [5.74, 6) is -0.573. The minimum Gasteiger partial charge on any atom is -0.497 e. The van der Waals surface area contributed by atoms with E-state index in [1.54, 1.807) is 19.1 Å². The normalized spacial score (nSPS) is 22.7. The molecular weight excluding hydrogens is 652 g/mol. The largest absolute Gasteiger partial charge is 0.497 e. The van der Waals surface area contributed by atoms with E-state index in [2.05, 4.69) is 21.3 Å². The van der Waals surface area contributed by atoms with Gasteiger partial charge in [-0.2, -0.15) is 5.26 Å². The third kappa shape index (κ3) is 5.59. The molecule has 258 valence electrons. The first-order chi connectivity index (χ1) is 23.6. The molecule has 2 amide bonds. The van der Waals surface area contributed by atoms with Crippen LogP contribution in [0.5, 0.6) is 17.4 Å². The van der Waals surface area contributed by atoms with Crippen molar-refractivity contribution in [2.24, 2.45) is 0 Å². The molecule has 2 saturated heterocycles. The number of piperidine rings is 1. The van der Waals surface area contributed by atoms with E-state index >= 15 is 4.79 Å². The number of hydrogen-bond donors (Lipinski definition) is 2. The van der Waals surface area contributed by atoms with E-state index in [0.29, 0.717) is 16.5 Å². The molecule has 2 fully saturated rings. The van der Waals surface area contributed by atoms with Gasteiger partial charge in [-0.1, -0.05) is 6.07 Å². The van der Waals surface area contributed by atoms with Gasteiger partial charge in [0.25, 0.3) is 15.9 Å². The maximum atomic E-state index is 15.6. The number of methoxy groups -OCH3 is 2. The molecule has 3 atom stereocenters. The fourth-order valence-electron chi connectivity index (χ4n) is 7.48. The van der Waals surface area contributed by atoms with E-state index < -0.39 is 33.5 Å². The topological polar surface area (TPSA) is 175 Å². The minimum absolute atomic E-state index is 0.0113. The Morgan fingerprint density at radius 2 is 1.88 bits per heavy atom. The zero-order chi connectivity index (χ0) is 34.9. The minimum atomic E-state index is -4.73. The maximum absolute atomic E-state index is 15.6. The second-order valence-electron chi connectivity index (χ2n) is 12.0. The highest BCUT2D eigenvalue weighted by molar-refractivity contribution is 7.93. The zero-order valence-corrected chi connectivity index (χ0v) is 28.3. The van der Waals surface area contributed by atoms with Gasteiger partial charge in [-0.05, 0) is 56.2 Å². The van der Waals surface area contributed by atoms with Crippen molar-refractivity contribution in [2.75, 3.05) is 57.9 Å². The molecule has 1 aromatic heterocycles. The highest BCUT2D eigenvalue weighted by Crippen LogP contribution is 2.55. The predicted molar refractivity (Wildman–Crippen MR) is 178 cm³/mol. The average Bonchev–Trinajstić information content (AvgIpc) is 3.39. The molecule has 6 rings (SSSR count). The van der Waals surface area contributed by atoms with E-state index in [-0.39, 0.29) is 64.5 Å². The van der Waals surface area contributed by atoms with Crippen molar-refractivity contribution < 1.29 is 37.3 Å². The van der Waals surface area contributed by atoms with Crippen LogP contribution in [-0.4, -0.2) is 106 Å². The number of amides is 2. The molecule has 4 heterocycles. The van der Waals surface area contributed by atoms with Crippen LogP contribution < -0.4 is 23.8 Å². The Bertz CT molecular complexity index is 1910. The first-order valence-electron chi connectivity index (χ1n) is 16.0. The molecule has 3 unspecified atom stereocenters. The quantitative estimate of drug-likeness (QED) is 0.337. The summed E-state index contributed by atoms with van der Waals surface area (Å²) in [6.07, 6.45) is 0.960. The number of anilines is 1. The van der Waals surface area contributed by atoms with Gasteiger partial charge in [-0.3, -0.25) is 9.69 Å². The van der Waals surface area contributed by atoms with Gasteiger partial charge in [0.05, 0.1) is 44.2 Å². The van der Waals surface area contributed by atoms with Gasteiger partial charge in [0.15, 0.2) is 0 Å². The lowest BCUT2D eigenvalue weighted by atomic mass is 9.66. The van der Waals surface area contributed by atoms with Crippen molar-refractivity contribution in [3.8, 4) is 23.4 Å². The molecule has 0 radical (unpaired) electrons. The summed E-state index contributed by atoms with van der Waals surface area (Å²) in [5, 5.41) is 24.1. The number of likely N-dealkylation sites (tertiary alicyclic amines) is 1. The van der Waals surface area contributed by atoms with Gasteiger partial charge in [-0.15, -0.1) is 0 Å². The van der Waals surface area contributed by atoms with E-state index in [4.69, 9.17) is 14.2 Å². The molecule has 49 heavy (non-hydrogen) atoms. The van der Waals surface area contributed by atoms with Gasteiger partial charge in [0, 0.05) is 62.2 Å². The smallest absolute Gasteiger partial charge is 0.407 e. The van der Waals surface area contributed by atoms with Gasteiger partial charge in [0.1, 0.15) is 21.8 Å². The Kier molecular flexibility index (Phi) is 9.39. The molecule has 0 bridgehead atoms. The highest BCUT2D eigenvalue weighted by atomic mass is 32.2. The third-order valence-corrected chi connectivity index (χ3v) is 11.4. The number of sulfonamides is 1. The molecule has 3 aromatic rings. The first-order valence-corrected chi connectivity index (χ1v) is 17.5. The van der Waals surface area contributed by atoms with Crippen molar-refractivity contribution in [3.63, 3.8) is 0 Å². The summed E-state index contributed by atoms with van der Waals surface area (Å²) in [6, 6.07) is 12.6. The fraction of sp³-hybridized carbons (Fsp3) is 0.412. The van der Waals surface area contributed by atoms with Crippen molar-refractivity contribution in [3.05, 3.63) is 71.4 Å². The van der Waals surface area contributed by atoms with Crippen LogP contribution in [0, 0.1) is 11.3 Å². The molecule has 15 heteroatoms. The number of fused-ring (bicyclic) bond motifs is 1. The number of piperazine rings is 1. The number of carbonyl (C=O) groups excluding carboxylic acids is 1. The molecule has 0 saturated carbocycles. The summed E-state index contributed by atoms with van der Waals surface area (Å²) in [5.41, 5.74) is -1.47. The Balaban J connectivity index is 1.66. The molecule has 3 aliphatic heterocycles. The second-order valence-corrected chi connectivity index (χ2v) is 13.7. The zero-order valence-electron chi connectivity index (χ0n) is 27.5. The van der Waals surface area contributed by atoms with Crippen molar-refractivity contribution in [1.82, 2.24) is 20.1 Å². The van der Waals surface area contributed by atoms with Crippen LogP contribution in [0.1, 0.15) is 36.5 Å². The van der Waals surface area contributed by atoms with Crippen molar-refractivity contribution in [1.29, 1.82) is 5.26 Å². The summed E-state index contributed by atoms with van der Waals surface area (Å²) in [4.78, 5) is 36.4. The number of benzene rings is 2. The van der Waals surface area contributed by atoms with E-state index in [1.165, 1.54) is 61.7 Å². The van der Waals surface area contributed by atoms with Gasteiger partial charge in [0.2, 0.25) is 5.88 Å². The Labute approximate surface area is 284 Å². The molecule has 0 spiro atoms. The van der Waals surface area contributed by atoms with Crippen LogP contribution in [0.15, 0.2) is 59.6 Å². The number of carboxylic acid groups (broad SMARTS) is 1. The number of aromatic nitrogens is 1. The van der Waals surface area contributed by atoms with Gasteiger partial charge >= 0.3 is 6.09 Å². The maximum Gasteiger partial charge on any atom is 0.407 e. The highest BCUT2D eigenvalue weighted by Gasteiger charge is 2.64. The molecule has 2 aromatic carbocycles. The summed E-state index contributed by atoms with van der Waals surface area (Å²) in [6.45, 7) is 5.00. The van der Waals surface area contributed by atoms with Gasteiger partial charge < -0.3 is 29.5 Å². The monoisotopic (exact) mass is 690 g/mol. The molecule has 0 aliphatic carbocycles. The van der Waals surface area contributed by atoms with Crippen LogP contribution in [0.3, 0.4) is 0 Å². The average molecular weight is 691 g/mol. The second kappa shape index (κ2) is 13.5. The predicted octanol–water partition coefficient (Wildman–Crippen LogP) is 2.81. The van der Waals surface area contributed by atoms with E-state index in [9.17, 15) is 23.6 Å². The van der Waals surface area contributed by atoms with Crippen molar-refractivity contribution >= 4 is 27.7 Å². The van der Waals surface area contributed by atoms with E-state index in [1.807, 2.05) is 0 Å². The van der Waals surface area contributed by atoms with Crippen LogP contribution in [0.25, 0.3) is 0 Å². The Morgan fingerprint density at radius 3 is 2.55 bits per heavy atom. The van der Waals surface area contributed by atoms with Crippen LogP contribution in [0.2, 0.25) is 0 Å². The number of hydrogen-bond acceptors (Lipinski definition) is 11. The summed E-state index contributed by atoms with van der Waals surface area (Å²) < 4.78 is 47.0. The third-order valence-electron chi connectivity index (χ3n) is 9.65. The lowest BCUT2D eigenvalue weighted by Gasteiger charge is -2.49. The standard InChI is InChI=1S/C34H38N6O8S/c1-4-48-31-25(6-5-12-37-31)34(30-19-23(11-15-39(30)33(42)43)38-16-13-36-14-17-38)26-18-22(21-35)7-9-27(26)40(32(34)41)49(44,45)29-10-8-24(46-2)20-28(29)47-3/h5-10,12,18,20,23,30,36H,4,11,13-17,19H2,1-3H3,(H,42,43). The molecule has 2 N–H and O–H groups in total. The lowest BCUT2D eigenvalue weighted by Crippen LogP contribution is -2.64. The lowest BCUT2D eigenvalue weighted by molar-refractivity contribution is -0.123. The SMILES string of the molecule is CCOc1ncccc1C1(C2CC(N3CCNCC3)CCN2C(=O)O)C(=O)N(S(=O)(=O)c2ccc(OC)cc2OC)c2ccc(C#N)cc21. The Morgan fingerprint density at radius 1 is 1.10 bits per heavy atom. The summed E-state index contributed by atoms with van der Waals surface area (Å²) >= 11 is 0. The number of rotatable bonds is 9. The number of ether oxygens (including phenoxy) is 3. The number of nitrogens with zero attached hydrogens (tertiary/aromatic N) is 5. The fourth-order valence-corrected chi connectivity index (χ4v) is 9.09. The number of pyridine rings is 1. The number of nitriles is 1. The van der Waals surface area contributed by atoms with E-state index in [0.717, 1.165) is 26.2 Å². The number of nitrogens with one attached hydrogen (secondary N) is 1. The number of carbonyl (C=O) groups is 2. The van der Waals surface area contributed by atoms with Crippen LogP contribution in [0.4, 0.5) is 10.5 Å². The Hall–Kier alpha value is -4.91. The summed E-state index contributed by atoms with van der Waals surface area (Å²) in [7, 11) is -1.99. The molecule has 3 aliphatic rings. The molecule has 14 nitrogen and oxygen atoms in total. The van der Waals surface area contributed by atoms with Crippen molar-refractivity contribution in [2.45, 2.75) is 42.2 Å². The van der Waals surface area contributed by atoms with Crippen LogP contribution in [-0.2, 0) is 20.2 Å². The molecular formula is C34H38N6O8S. The first kappa shape index (κ1) is 34.0. The van der Waals surface area contributed by atoms with Crippen LogP contribution >= 0.6 is 0 Å².